The van der Waals surface area contributed by atoms with Crippen LogP contribution in [0.2, 0.25) is 0 Å². The van der Waals surface area contributed by atoms with E-state index in [0.717, 1.165) is 36.8 Å². The quantitative estimate of drug-likeness (QED) is 0.927. The Morgan fingerprint density at radius 3 is 2.74 bits per heavy atom. The van der Waals surface area contributed by atoms with E-state index in [1.165, 1.54) is 38.6 Å². The molecular weight excluding hydrogens is 288 g/mol. The Kier molecular flexibility index (Phi) is 5.36. The topological polar surface area (TPSA) is 50.2 Å². The van der Waals surface area contributed by atoms with Gasteiger partial charge in [-0.3, -0.25) is 14.4 Å². The summed E-state index contributed by atoms with van der Waals surface area (Å²) in [6.07, 6.45) is 8.93. The molecule has 0 unspecified atom stereocenters. The van der Waals surface area contributed by atoms with E-state index < -0.39 is 0 Å². The molecule has 1 amide bonds. The van der Waals surface area contributed by atoms with Gasteiger partial charge >= 0.3 is 0 Å². The number of nitrogens with zero attached hydrogens (tertiary/aromatic N) is 3. The van der Waals surface area contributed by atoms with Gasteiger partial charge in [0.2, 0.25) is 5.91 Å². The second-order valence-electron chi connectivity index (χ2n) is 7.24. The van der Waals surface area contributed by atoms with Crippen LogP contribution < -0.4 is 5.32 Å². The third-order valence-corrected chi connectivity index (χ3v) is 5.46. The van der Waals surface area contributed by atoms with Gasteiger partial charge in [0.05, 0.1) is 23.9 Å². The summed E-state index contributed by atoms with van der Waals surface area (Å²) >= 11 is 0. The van der Waals surface area contributed by atoms with Crippen LogP contribution in [0, 0.1) is 12.8 Å². The molecule has 1 aromatic heterocycles. The first kappa shape index (κ1) is 16.5. The number of hydrogen-bond donors (Lipinski definition) is 1. The largest absolute Gasteiger partial charge is 0.350 e. The molecule has 0 aromatic carbocycles. The maximum atomic E-state index is 12.6. The predicted octanol–water partition coefficient (Wildman–Crippen LogP) is 2.39. The lowest BCUT2D eigenvalue weighted by atomic mass is 9.90. The molecule has 3 rings (SSSR count). The summed E-state index contributed by atoms with van der Waals surface area (Å²) in [5, 5.41) is 7.45. The van der Waals surface area contributed by atoms with Crippen molar-refractivity contribution in [3.8, 4) is 0 Å². The number of amides is 1. The maximum Gasteiger partial charge on any atom is 0.224 e. The van der Waals surface area contributed by atoms with Crippen LogP contribution in [-0.2, 0) is 18.4 Å². The zero-order valence-corrected chi connectivity index (χ0v) is 14.6. The summed E-state index contributed by atoms with van der Waals surface area (Å²) < 4.78 is 1.85. The van der Waals surface area contributed by atoms with Gasteiger partial charge in [0.25, 0.3) is 0 Å². The van der Waals surface area contributed by atoms with Gasteiger partial charge in [-0.05, 0) is 45.2 Å². The zero-order chi connectivity index (χ0) is 16.2. The van der Waals surface area contributed by atoms with Crippen molar-refractivity contribution in [1.82, 2.24) is 20.0 Å². The number of carbonyl (C=O) groups is 1. The molecular formula is C18H30N4O. The minimum absolute atomic E-state index is 0.153. The number of nitrogens with one attached hydrogen (secondary N) is 1. The molecule has 128 valence electrons. The van der Waals surface area contributed by atoms with E-state index in [4.69, 9.17) is 0 Å². The zero-order valence-electron chi connectivity index (χ0n) is 14.6. The summed E-state index contributed by atoms with van der Waals surface area (Å²) in [6, 6.07) is 2.76. The Bertz CT molecular complexity index is 533. The van der Waals surface area contributed by atoms with Crippen LogP contribution in [-0.4, -0.2) is 39.7 Å². The Labute approximate surface area is 139 Å². The number of aryl methyl sites for hydroxylation is 2. The summed E-state index contributed by atoms with van der Waals surface area (Å²) in [7, 11) is 1.93. The van der Waals surface area contributed by atoms with Gasteiger partial charge in [-0.15, -0.1) is 0 Å². The Hall–Kier alpha value is -1.36. The van der Waals surface area contributed by atoms with Crippen LogP contribution in [0.3, 0.4) is 0 Å². The monoisotopic (exact) mass is 318 g/mol. The van der Waals surface area contributed by atoms with Gasteiger partial charge in [-0.25, -0.2) is 0 Å². The molecule has 0 bridgehead atoms. The van der Waals surface area contributed by atoms with Crippen LogP contribution in [0.5, 0.6) is 0 Å². The van der Waals surface area contributed by atoms with E-state index in [-0.39, 0.29) is 11.8 Å². The standard InChI is InChI=1S/C18H30N4O/c1-14-11-17(21(2)20-14)12-19-18(23)15-7-6-10-22(13-15)16-8-4-3-5-9-16/h11,15-16H,3-10,12-13H2,1-2H3,(H,19,23)/t15-/m1/s1. The Morgan fingerprint density at radius 1 is 1.26 bits per heavy atom. The SMILES string of the molecule is Cc1cc(CNC(=O)[C@@H]2CCCN(C3CCCCC3)C2)n(C)n1. The van der Waals surface area contributed by atoms with Crippen molar-refractivity contribution in [1.29, 1.82) is 0 Å². The molecule has 0 radical (unpaired) electrons. The molecule has 2 aliphatic rings. The van der Waals surface area contributed by atoms with E-state index >= 15 is 0 Å². The lowest BCUT2D eigenvalue weighted by Gasteiger charge is -2.39. The maximum absolute atomic E-state index is 12.6. The predicted molar refractivity (Wildman–Crippen MR) is 91.0 cm³/mol. The molecule has 23 heavy (non-hydrogen) atoms. The Morgan fingerprint density at radius 2 is 2.04 bits per heavy atom. The highest BCUT2D eigenvalue weighted by Gasteiger charge is 2.30. The third kappa shape index (κ3) is 4.14. The second-order valence-corrected chi connectivity index (χ2v) is 7.24. The van der Waals surface area contributed by atoms with Crippen molar-refractivity contribution in [2.24, 2.45) is 13.0 Å². The highest BCUT2D eigenvalue weighted by molar-refractivity contribution is 5.78. The highest BCUT2D eigenvalue weighted by Crippen LogP contribution is 2.27. The van der Waals surface area contributed by atoms with Crippen molar-refractivity contribution in [2.75, 3.05) is 13.1 Å². The number of likely N-dealkylation sites (tertiary alicyclic amines) is 1. The molecule has 1 aliphatic carbocycles. The van der Waals surface area contributed by atoms with Crippen LogP contribution >= 0.6 is 0 Å². The fourth-order valence-corrected chi connectivity index (χ4v) is 4.15. The van der Waals surface area contributed by atoms with Crippen molar-refractivity contribution < 1.29 is 4.79 Å². The van der Waals surface area contributed by atoms with Crippen LogP contribution in [0.25, 0.3) is 0 Å². The summed E-state index contributed by atoms with van der Waals surface area (Å²) in [6.45, 7) is 4.68. The fourth-order valence-electron chi connectivity index (χ4n) is 4.15. The van der Waals surface area contributed by atoms with Gasteiger partial charge in [0.1, 0.15) is 0 Å². The highest BCUT2D eigenvalue weighted by atomic mass is 16.1. The average Bonchev–Trinajstić information content (AvgIpc) is 2.91. The lowest BCUT2D eigenvalue weighted by molar-refractivity contribution is -0.127. The number of rotatable bonds is 4. The molecule has 1 N–H and O–H groups in total. The van der Waals surface area contributed by atoms with Gasteiger partial charge in [0, 0.05) is 19.6 Å². The molecule has 2 fully saturated rings. The molecule has 1 aliphatic heterocycles. The van der Waals surface area contributed by atoms with Crippen molar-refractivity contribution in [2.45, 2.75) is 64.5 Å². The Balaban J connectivity index is 1.51. The van der Waals surface area contributed by atoms with Gasteiger partial charge in [-0.1, -0.05) is 19.3 Å². The molecule has 5 heteroatoms. The number of aromatic nitrogens is 2. The average molecular weight is 318 g/mol. The first-order valence-electron chi connectivity index (χ1n) is 9.15. The minimum Gasteiger partial charge on any atom is -0.350 e. The summed E-state index contributed by atoms with van der Waals surface area (Å²) in [5.41, 5.74) is 2.06. The third-order valence-electron chi connectivity index (χ3n) is 5.46. The van der Waals surface area contributed by atoms with Gasteiger partial charge < -0.3 is 5.32 Å². The first-order valence-corrected chi connectivity index (χ1v) is 9.15. The molecule has 1 saturated heterocycles. The van der Waals surface area contributed by atoms with E-state index in [1.807, 2.05) is 24.7 Å². The lowest BCUT2D eigenvalue weighted by Crippen LogP contribution is -2.47. The molecule has 2 heterocycles. The normalized spacial score (nSPS) is 23.8. The summed E-state index contributed by atoms with van der Waals surface area (Å²) in [4.78, 5) is 15.1. The number of carbonyl (C=O) groups excluding carboxylic acids is 1. The van der Waals surface area contributed by atoms with E-state index in [1.54, 1.807) is 0 Å². The van der Waals surface area contributed by atoms with Crippen molar-refractivity contribution >= 4 is 5.91 Å². The molecule has 5 nitrogen and oxygen atoms in total. The number of piperidine rings is 1. The smallest absolute Gasteiger partial charge is 0.224 e. The van der Waals surface area contributed by atoms with Crippen LogP contribution in [0.15, 0.2) is 6.07 Å². The minimum atomic E-state index is 0.153. The molecule has 1 atom stereocenters. The van der Waals surface area contributed by atoms with E-state index in [0.29, 0.717) is 6.54 Å². The van der Waals surface area contributed by atoms with Crippen LogP contribution in [0.1, 0.15) is 56.3 Å². The fraction of sp³-hybridized carbons (Fsp3) is 0.778. The van der Waals surface area contributed by atoms with Crippen molar-refractivity contribution in [3.05, 3.63) is 17.5 Å². The van der Waals surface area contributed by atoms with E-state index in [9.17, 15) is 4.79 Å². The van der Waals surface area contributed by atoms with E-state index in [2.05, 4.69) is 15.3 Å². The molecule has 0 spiro atoms. The van der Waals surface area contributed by atoms with Gasteiger partial charge in [-0.2, -0.15) is 5.10 Å². The van der Waals surface area contributed by atoms with Crippen molar-refractivity contribution in [3.63, 3.8) is 0 Å². The second kappa shape index (κ2) is 7.47. The summed E-state index contributed by atoms with van der Waals surface area (Å²) in [5.74, 6) is 0.365. The van der Waals surface area contributed by atoms with Crippen LogP contribution in [0.4, 0.5) is 0 Å². The van der Waals surface area contributed by atoms with Gasteiger partial charge in [0.15, 0.2) is 0 Å². The number of hydrogen-bond acceptors (Lipinski definition) is 3. The first-order chi connectivity index (χ1) is 11.1. The molecule has 1 aromatic rings. The molecule has 1 saturated carbocycles.